The molecule has 0 spiro atoms. The van der Waals surface area contributed by atoms with Gasteiger partial charge < -0.3 is 20.9 Å². The Morgan fingerprint density at radius 3 is 2.21 bits per heavy atom. The Kier molecular flexibility index (Phi) is 6.11. The summed E-state index contributed by atoms with van der Waals surface area (Å²) >= 11 is 0. The van der Waals surface area contributed by atoms with Gasteiger partial charge in [0, 0.05) is 23.5 Å². The van der Waals surface area contributed by atoms with Gasteiger partial charge in [0.05, 0.1) is 0 Å². The van der Waals surface area contributed by atoms with Crippen LogP contribution < -0.4 is 16.0 Å². The molecule has 0 unspecified atom stereocenters. The molecular weight excluding hydrogens is 426 g/mol. The highest BCUT2D eigenvalue weighted by molar-refractivity contribution is 5.99. The lowest BCUT2D eigenvalue weighted by atomic mass is 10.1. The summed E-state index contributed by atoms with van der Waals surface area (Å²) in [5.74, 6) is 1.46. The van der Waals surface area contributed by atoms with Gasteiger partial charge in [0.25, 0.3) is 0 Å². The maximum absolute atomic E-state index is 12.1. The summed E-state index contributed by atoms with van der Waals surface area (Å²) in [6, 6.07) is 26.8. The van der Waals surface area contributed by atoms with Gasteiger partial charge in [-0.1, -0.05) is 60.7 Å². The van der Waals surface area contributed by atoms with Crippen molar-refractivity contribution in [3.63, 3.8) is 0 Å². The zero-order valence-electron chi connectivity index (χ0n) is 18.3. The van der Waals surface area contributed by atoms with Crippen LogP contribution in [0.5, 0.6) is 0 Å². The molecular formula is C26H23N7O. The van der Waals surface area contributed by atoms with E-state index in [1.165, 1.54) is 6.33 Å². The summed E-state index contributed by atoms with van der Waals surface area (Å²) in [5.41, 5.74) is 5.02. The van der Waals surface area contributed by atoms with E-state index in [0.717, 1.165) is 34.7 Å². The molecule has 2 heterocycles. The zero-order chi connectivity index (χ0) is 23.2. The molecule has 0 aliphatic carbocycles. The maximum Gasteiger partial charge on any atom is 0.323 e. The van der Waals surface area contributed by atoms with Crippen LogP contribution in [0.3, 0.4) is 0 Å². The third kappa shape index (κ3) is 5.02. The van der Waals surface area contributed by atoms with E-state index in [-0.39, 0.29) is 6.03 Å². The lowest BCUT2D eigenvalue weighted by Gasteiger charge is -2.09. The first-order valence-corrected chi connectivity index (χ1v) is 11.0. The normalized spacial score (nSPS) is 10.7. The van der Waals surface area contributed by atoms with Crippen molar-refractivity contribution >= 4 is 34.4 Å². The number of imidazole rings is 1. The molecule has 5 aromatic rings. The predicted octanol–water partition coefficient (Wildman–Crippen LogP) is 5.32. The molecule has 0 atom stereocenters. The molecule has 5 rings (SSSR count). The summed E-state index contributed by atoms with van der Waals surface area (Å²) in [4.78, 5) is 28.8. The molecule has 0 aliphatic heterocycles. The second kappa shape index (κ2) is 9.83. The van der Waals surface area contributed by atoms with Gasteiger partial charge >= 0.3 is 6.03 Å². The van der Waals surface area contributed by atoms with Crippen LogP contribution in [-0.2, 0) is 6.42 Å². The van der Waals surface area contributed by atoms with E-state index in [4.69, 9.17) is 0 Å². The number of carbonyl (C=O) groups excluding carboxylic acids is 1. The number of carbonyl (C=O) groups is 1. The second-order valence-corrected chi connectivity index (χ2v) is 7.69. The van der Waals surface area contributed by atoms with E-state index in [9.17, 15) is 4.79 Å². The molecule has 0 bridgehead atoms. The van der Waals surface area contributed by atoms with Gasteiger partial charge in [-0.25, -0.2) is 19.7 Å². The van der Waals surface area contributed by atoms with Gasteiger partial charge in [0.2, 0.25) is 0 Å². The van der Waals surface area contributed by atoms with Crippen LogP contribution in [0.1, 0.15) is 5.56 Å². The van der Waals surface area contributed by atoms with Crippen LogP contribution >= 0.6 is 0 Å². The number of para-hydroxylation sites is 1. The fraction of sp³-hybridized carbons (Fsp3) is 0.0769. The van der Waals surface area contributed by atoms with Gasteiger partial charge in [-0.2, -0.15) is 0 Å². The van der Waals surface area contributed by atoms with Crippen LogP contribution in [-0.4, -0.2) is 32.5 Å². The molecule has 0 aliphatic rings. The largest absolute Gasteiger partial charge is 0.368 e. The summed E-state index contributed by atoms with van der Waals surface area (Å²) < 4.78 is 0. The first-order chi connectivity index (χ1) is 16.7. The summed E-state index contributed by atoms with van der Waals surface area (Å²) in [6.45, 7) is 0.681. The first-order valence-electron chi connectivity index (χ1n) is 11.0. The number of hydrogen-bond donors (Lipinski definition) is 4. The monoisotopic (exact) mass is 449 g/mol. The molecule has 8 heteroatoms. The molecule has 168 valence electrons. The van der Waals surface area contributed by atoms with E-state index in [2.05, 4.69) is 35.9 Å². The Balaban J connectivity index is 1.17. The van der Waals surface area contributed by atoms with Crippen molar-refractivity contribution < 1.29 is 4.79 Å². The zero-order valence-corrected chi connectivity index (χ0v) is 18.3. The summed E-state index contributed by atoms with van der Waals surface area (Å²) in [5, 5.41) is 9.01. The van der Waals surface area contributed by atoms with Gasteiger partial charge in [-0.05, 0) is 36.2 Å². The molecule has 0 radical (unpaired) electrons. The van der Waals surface area contributed by atoms with E-state index in [1.54, 1.807) is 0 Å². The average Bonchev–Trinajstić information content (AvgIpc) is 3.32. The van der Waals surface area contributed by atoms with Crippen LogP contribution in [0.15, 0.2) is 91.3 Å². The Hall–Kier alpha value is -4.72. The topological polar surface area (TPSA) is 108 Å². The minimum atomic E-state index is -0.276. The Morgan fingerprint density at radius 2 is 1.47 bits per heavy atom. The van der Waals surface area contributed by atoms with Crippen molar-refractivity contribution in [2.24, 2.45) is 0 Å². The summed E-state index contributed by atoms with van der Waals surface area (Å²) in [7, 11) is 0. The highest BCUT2D eigenvalue weighted by Crippen LogP contribution is 2.22. The van der Waals surface area contributed by atoms with Crippen LogP contribution in [0.25, 0.3) is 22.6 Å². The third-order valence-electron chi connectivity index (χ3n) is 5.28. The van der Waals surface area contributed by atoms with E-state index >= 15 is 0 Å². The van der Waals surface area contributed by atoms with Gasteiger partial charge in [0.15, 0.2) is 17.0 Å². The number of hydrogen-bond acceptors (Lipinski definition) is 5. The highest BCUT2D eigenvalue weighted by Gasteiger charge is 2.11. The Bertz CT molecular complexity index is 1380. The lowest BCUT2D eigenvalue weighted by Crippen LogP contribution is -2.19. The lowest BCUT2D eigenvalue weighted by molar-refractivity contribution is 0.262. The van der Waals surface area contributed by atoms with Gasteiger partial charge in [-0.3, -0.25) is 0 Å². The number of nitrogens with one attached hydrogen (secondary N) is 4. The fourth-order valence-electron chi connectivity index (χ4n) is 3.59. The number of rotatable bonds is 7. The van der Waals surface area contributed by atoms with Gasteiger partial charge in [-0.15, -0.1) is 0 Å². The number of anilines is 3. The van der Waals surface area contributed by atoms with Crippen LogP contribution in [0.2, 0.25) is 0 Å². The number of aromatic nitrogens is 4. The standard InChI is InChI=1S/C26H23N7O/c34-26(30-20-9-5-2-6-10-20)31-21-13-11-18(12-14-21)15-16-27-24-22-25(29-17-28-24)33-23(32-22)19-7-3-1-4-8-19/h1-14,17H,15-16H2,(H2,30,31,34)(H2,27,28,29,32,33). The van der Waals surface area contributed by atoms with E-state index in [0.29, 0.717) is 23.5 Å². The maximum atomic E-state index is 12.1. The highest BCUT2D eigenvalue weighted by atomic mass is 16.2. The van der Waals surface area contributed by atoms with Crippen molar-refractivity contribution in [1.82, 2.24) is 19.9 Å². The van der Waals surface area contributed by atoms with Crippen molar-refractivity contribution in [2.45, 2.75) is 6.42 Å². The molecule has 2 aromatic heterocycles. The van der Waals surface area contributed by atoms with Crippen molar-refractivity contribution in [1.29, 1.82) is 0 Å². The number of benzene rings is 3. The van der Waals surface area contributed by atoms with E-state index < -0.39 is 0 Å². The molecule has 34 heavy (non-hydrogen) atoms. The Morgan fingerprint density at radius 1 is 0.794 bits per heavy atom. The minimum absolute atomic E-state index is 0.276. The predicted molar refractivity (Wildman–Crippen MR) is 135 cm³/mol. The van der Waals surface area contributed by atoms with Crippen molar-refractivity contribution in [3.05, 3.63) is 96.8 Å². The molecule has 8 nitrogen and oxygen atoms in total. The number of fused-ring (bicyclic) bond motifs is 1. The van der Waals surface area contributed by atoms with Crippen LogP contribution in [0, 0.1) is 0 Å². The fourth-order valence-corrected chi connectivity index (χ4v) is 3.59. The molecule has 3 aromatic carbocycles. The smallest absolute Gasteiger partial charge is 0.323 e. The van der Waals surface area contributed by atoms with Crippen LogP contribution in [0.4, 0.5) is 22.0 Å². The molecule has 0 fully saturated rings. The quantitative estimate of drug-likeness (QED) is 0.269. The molecule has 0 saturated heterocycles. The molecule has 0 saturated carbocycles. The minimum Gasteiger partial charge on any atom is -0.368 e. The SMILES string of the molecule is O=C(Nc1ccccc1)Nc1ccc(CCNc2ncnc3[nH]c(-c4ccccc4)nc23)cc1. The van der Waals surface area contributed by atoms with Crippen molar-refractivity contribution in [3.8, 4) is 11.4 Å². The first kappa shape index (κ1) is 21.1. The Labute approximate surface area is 196 Å². The molecule has 2 amide bonds. The number of aromatic amines is 1. The second-order valence-electron chi connectivity index (χ2n) is 7.69. The molecule has 4 N–H and O–H groups in total. The van der Waals surface area contributed by atoms with Crippen molar-refractivity contribution in [2.75, 3.05) is 22.5 Å². The van der Waals surface area contributed by atoms with E-state index in [1.807, 2.05) is 84.9 Å². The number of amides is 2. The average molecular weight is 450 g/mol. The summed E-state index contributed by atoms with van der Waals surface area (Å²) in [6.07, 6.45) is 2.32. The van der Waals surface area contributed by atoms with Gasteiger partial charge in [0.1, 0.15) is 12.2 Å². The number of urea groups is 1. The number of H-pyrrole nitrogens is 1. The number of nitrogens with zero attached hydrogens (tertiary/aromatic N) is 3. The third-order valence-corrected chi connectivity index (χ3v) is 5.28.